The standard InChI is InChI=1S/C16H26O2/c1-3-7-11-15(12-8-4-1)17-18-16-13-9-5-2-6-10-14-16/h11,13H,1-10,12,14H2. The van der Waals surface area contributed by atoms with Crippen molar-refractivity contribution in [3.05, 3.63) is 23.7 Å². The van der Waals surface area contributed by atoms with E-state index in [2.05, 4.69) is 12.2 Å². The maximum atomic E-state index is 5.55. The predicted molar refractivity (Wildman–Crippen MR) is 73.7 cm³/mol. The Labute approximate surface area is 111 Å². The van der Waals surface area contributed by atoms with E-state index in [1.807, 2.05) is 0 Å². The third kappa shape index (κ3) is 5.16. The van der Waals surface area contributed by atoms with Crippen LogP contribution < -0.4 is 0 Å². The molecule has 0 bridgehead atoms. The van der Waals surface area contributed by atoms with E-state index in [0.29, 0.717) is 0 Å². The van der Waals surface area contributed by atoms with Crippen molar-refractivity contribution in [2.45, 2.75) is 77.0 Å². The molecule has 2 rings (SSSR count). The fraction of sp³-hybridized carbons (Fsp3) is 0.750. The summed E-state index contributed by atoms with van der Waals surface area (Å²) in [6.45, 7) is 0. The molecular formula is C16H26O2. The minimum Gasteiger partial charge on any atom is -0.295 e. The van der Waals surface area contributed by atoms with Gasteiger partial charge in [-0.15, -0.1) is 0 Å². The highest BCUT2D eigenvalue weighted by molar-refractivity contribution is 4.96. The average molecular weight is 250 g/mol. The minimum atomic E-state index is 1.04. The van der Waals surface area contributed by atoms with Crippen LogP contribution in [-0.2, 0) is 9.78 Å². The Morgan fingerprint density at radius 2 is 1.00 bits per heavy atom. The highest BCUT2D eigenvalue weighted by Crippen LogP contribution is 2.22. The zero-order valence-corrected chi connectivity index (χ0v) is 11.5. The largest absolute Gasteiger partial charge is 0.295 e. The highest BCUT2D eigenvalue weighted by atomic mass is 17.2. The quantitative estimate of drug-likeness (QED) is 0.492. The molecular weight excluding hydrogens is 224 g/mol. The van der Waals surface area contributed by atoms with E-state index < -0.39 is 0 Å². The molecule has 2 nitrogen and oxygen atoms in total. The molecule has 0 aliphatic heterocycles. The summed E-state index contributed by atoms with van der Waals surface area (Å²) in [5.41, 5.74) is 0. The van der Waals surface area contributed by atoms with Crippen LogP contribution >= 0.6 is 0 Å². The molecule has 0 N–H and O–H groups in total. The monoisotopic (exact) mass is 250 g/mol. The van der Waals surface area contributed by atoms with Gasteiger partial charge < -0.3 is 0 Å². The molecule has 18 heavy (non-hydrogen) atoms. The Bertz CT molecular complexity index is 261. The van der Waals surface area contributed by atoms with Crippen molar-refractivity contribution < 1.29 is 9.78 Å². The second kappa shape index (κ2) is 8.23. The van der Waals surface area contributed by atoms with Gasteiger partial charge in [-0.25, -0.2) is 0 Å². The third-order valence-electron chi connectivity index (χ3n) is 3.75. The van der Waals surface area contributed by atoms with Gasteiger partial charge in [0.2, 0.25) is 0 Å². The number of hydrogen-bond acceptors (Lipinski definition) is 2. The topological polar surface area (TPSA) is 18.5 Å². The van der Waals surface area contributed by atoms with Gasteiger partial charge in [0.05, 0.1) is 0 Å². The van der Waals surface area contributed by atoms with Gasteiger partial charge in [-0.3, -0.25) is 9.78 Å². The van der Waals surface area contributed by atoms with Crippen molar-refractivity contribution in [3.63, 3.8) is 0 Å². The van der Waals surface area contributed by atoms with Crippen molar-refractivity contribution in [1.29, 1.82) is 0 Å². The first-order valence-electron chi connectivity index (χ1n) is 7.68. The van der Waals surface area contributed by atoms with Crippen LogP contribution in [0.15, 0.2) is 23.7 Å². The van der Waals surface area contributed by atoms with Gasteiger partial charge in [0.1, 0.15) is 0 Å². The van der Waals surface area contributed by atoms with E-state index in [1.54, 1.807) is 0 Å². The lowest BCUT2D eigenvalue weighted by molar-refractivity contribution is -0.231. The van der Waals surface area contributed by atoms with Crippen LogP contribution in [0.1, 0.15) is 77.0 Å². The molecule has 0 unspecified atom stereocenters. The van der Waals surface area contributed by atoms with E-state index in [1.165, 1.54) is 51.4 Å². The van der Waals surface area contributed by atoms with Gasteiger partial charge >= 0.3 is 0 Å². The predicted octanol–water partition coefficient (Wildman–Crippen LogP) is 5.41. The van der Waals surface area contributed by atoms with Crippen LogP contribution in [0.4, 0.5) is 0 Å². The second-order valence-corrected chi connectivity index (χ2v) is 5.41. The van der Waals surface area contributed by atoms with Gasteiger partial charge in [0, 0.05) is 12.8 Å². The summed E-state index contributed by atoms with van der Waals surface area (Å²) in [5, 5.41) is 0. The van der Waals surface area contributed by atoms with Gasteiger partial charge in [-0.1, -0.05) is 25.7 Å². The number of allylic oxidation sites excluding steroid dienone is 4. The second-order valence-electron chi connectivity index (χ2n) is 5.41. The van der Waals surface area contributed by atoms with Gasteiger partial charge in [0.15, 0.2) is 11.5 Å². The van der Waals surface area contributed by atoms with Gasteiger partial charge in [0.25, 0.3) is 0 Å². The average Bonchev–Trinajstić information content (AvgIpc) is 2.29. The van der Waals surface area contributed by atoms with Gasteiger partial charge in [-0.2, -0.15) is 0 Å². The molecule has 0 atom stereocenters. The molecule has 102 valence electrons. The molecule has 2 heteroatoms. The molecule has 0 fully saturated rings. The molecule has 0 radical (unpaired) electrons. The maximum absolute atomic E-state index is 5.55. The summed E-state index contributed by atoms with van der Waals surface area (Å²) in [7, 11) is 0. The first-order valence-corrected chi connectivity index (χ1v) is 7.68. The number of rotatable bonds is 3. The summed E-state index contributed by atoms with van der Waals surface area (Å²) in [5.74, 6) is 2.08. The first-order chi connectivity index (χ1) is 8.95. The third-order valence-corrected chi connectivity index (χ3v) is 3.75. The first kappa shape index (κ1) is 13.5. The lowest BCUT2D eigenvalue weighted by Crippen LogP contribution is -2.00. The number of hydrogen-bond donors (Lipinski definition) is 0. The smallest absolute Gasteiger partial charge is 0.151 e. The molecule has 2 aliphatic rings. The van der Waals surface area contributed by atoms with Crippen LogP contribution in [0.3, 0.4) is 0 Å². The van der Waals surface area contributed by atoms with Crippen molar-refractivity contribution in [3.8, 4) is 0 Å². The molecule has 0 aromatic heterocycles. The molecule has 0 aromatic rings. The van der Waals surface area contributed by atoms with E-state index in [4.69, 9.17) is 9.78 Å². The summed E-state index contributed by atoms with van der Waals surface area (Å²) < 4.78 is 0. The van der Waals surface area contributed by atoms with E-state index in [-0.39, 0.29) is 0 Å². The summed E-state index contributed by atoms with van der Waals surface area (Å²) in [4.78, 5) is 11.1. The van der Waals surface area contributed by atoms with Crippen molar-refractivity contribution >= 4 is 0 Å². The van der Waals surface area contributed by atoms with Crippen LogP contribution in [0.5, 0.6) is 0 Å². The zero-order chi connectivity index (χ0) is 12.5. The molecule has 0 saturated carbocycles. The SMILES string of the molecule is C1=C(OOC2=CCCCCCC2)CCCCCC1. The summed E-state index contributed by atoms with van der Waals surface area (Å²) in [6.07, 6.45) is 19.2. The van der Waals surface area contributed by atoms with Crippen LogP contribution in [0.2, 0.25) is 0 Å². The Morgan fingerprint density at radius 1 is 0.556 bits per heavy atom. The van der Waals surface area contributed by atoms with Crippen molar-refractivity contribution in [1.82, 2.24) is 0 Å². The maximum Gasteiger partial charge on any atom is 0.151 e. The van der Waals surface area contributed by atoms with E-state index in [9.17, 15) is 0 Å². The van der Waals surface area contributed by atoms with Gasteiger partial charge in [-0.05, 0) is 50.7 Å². The Kier molecular flexibility index (Phi) is 6.18. The Morgan fingerprint density at radius 3 is 1.50 bits per heavy atom. The molecule has 2 aliphatic carbocycles. The molecule has 0 heterocycles. The molecule has 0 aromatic carbocycles. The van der Waals surface area contributed by atoms with E-state index >= 15 is 0 Å². The molecule has 0 saturated heterocycles. The summed E-state index contributed by atoms with van der Waals surface area (Å²) >= 11 is 0. The molecule has 0 amide bonds. The lowest BCUT2D eigenvalue weighted by Gasteiger charge is -2.15. The van der Waals surface area contributed by atoms with Crippen molar-refractivity contribution in [2.24, 2.45) is 0 Å². The molecule has 0 spiro atoms. The fourth-order valence-corrected chi connectivity index (χ4v) is 2.58. The van der Waals surface area contributed by atoms with Crippen LogP contribution in [0.25, 0.3) is 0 Å². The zero-order valence-electron chi connectivity index (χ0n) is 11.5. The van der Waals surface area contributed by atoms with Crippen LogP contribution in [0, 0.1) is 0 Å². The van der Waals surface area contributed by atoms with Crippen molar-refractivity contribution in [2.75, 3.05) is 0 Å². The fourth-order valence-electron chi connectivity index (χ4n) is 2.58. The highest BCUT2D eigenvalue weighted by Gasteiger charge is 2.08. The Hall–Kier alpha value is -0.920. The van der Waals surface area contributed by atoms with E-state index in [0.717, 1.165) is 37.2 Å². The normalized spacial score (nSPS) is 22.7. The Balaban J connectivity index is 1.77. The summed E-state index contributed by atoms with van der Waals surface area (Å²) in [6, 6.07) is 0. The van der Waals surface area contributed by atoms with Crippen LogP contribution in [-0.4, -0.2) is 0 Å². The lowest BCUT2D eigenvalue weighted by atomic mass is 10.1. The minimum absolute atomic E-state index is 1.04.